The van der Waals surface area contributed by atoms with Gasteiger partial charge in [-0.3, -0.25) is 19.4 Å². The highest BCUT2D eigenvalue weighted by Crippen LogP contribution is 2.56. The van der Waals surface area contributed by atoms with Crippen LogP contribution in [0.3, 0.4) is 0 Å². The van der Waals surface area contributed by atoms with Gasteiger partial charge in [0.25, 0.3) is 0 Å². The Balaban J connectivity index is 1.74. The SMILES string of the molecule is CCOC(=O)[C@H]1CCCCC12N1CC3(C)CN2CC(C)(C1)C3=O. The standard InChI is InChI=1S/C18H28N2O3/c1-4-23-14(21)13-7-5-6-8-18(13)19-9-16(2)10-20(18)12-17(3,11-19)15(16)22/h13H,4-12H2,1-3H3/t13-,16?,17?,18?/m1/s1. The summed E-state index contributed by atoms with van der Waals surface area (Å²) in [5.41, 5.74) is -0.745. The van der Waals surface area contributed by atoms with Crippen molar-refractivity contribution in [3.8, 4) is 0 Å². The Kier molecular flexibility index (Phi) is 3.24. The van der Waals surface area contributed by atoms with Crippen LogP contribution in [0.2, 0.25) is 0 Å². The fraction of sp³-hybridized carbons (Fsp3) is 0.889. The predicted octanol–water partition coefficient (Wildman–Crippen LogP) is 1.66. The van der Waals surface area contributed by atoms with E-state index in [2.05, 4.69) is 23.6 Å². The van der Waals surface area contributed by atoms with Crippen LogP contribution in [-0.2, 0) is 14.3 Å². The van der Waals surface area contributed by atoms with Gasteiger partial charge >= 0.3 is 5.97 Å². The Morgan fingerprint density at radius 3 is 2.22 bits per heavy atom. The minimum atomic E-state index is -0.271. The van der Waals surface area contributed by atoms with E-state index in [1.165, 1.54) is 0 Å². The molecule has 4 aliphatic heterocycles. The van der Waals surface area contributed by atoms with Gasteiger partial charge in [-0.05, 0) is 19.8 Å². The van der Waals surface area contributed by atoms with Crippen LogP contribution in [0.5, 0.6) is 0 Å². The van der Waals surface area contributed by atoms with Crippen LogP contribution in [0.25, 0.3) is 0 Å². The van der Waals surface area contributed by atoms with Gasteiger partial charge in [0.05, 0.1) is 29.0 Å². The Morgan fingerprint density at radius 1 is 1.13 bits per heavy atom. The normalized spacial score (nSPS) is 51.3. The van der Waals surface area contributed by atoms with Crippen molar-refractivity contribution in [2.75, 3.05) is 32.8 Å². The first-order valence-corrected chi connectivity index (χ1v) is 9.07. The third-order valence-electron chi connectivity index (χ3n) is 6.77. The molecule has 5 heteroatoms. The van der Waals surface area contributed by atoms with E-state index in [4.69, 9.17) is 4.74 Å². The molecular weight excluding hydrogens is 292 g/mol. The summed E-state index contributed by atoms with van der Waals surface area (Å²) in [7, 11) is 0. The molecule has 0 unspecified atom stereocenters. The van der Waals surface area contributed by atoms with Crippen LogP contribution < -0.4 is 0 Å². The lowest BCUT2D eigenvalue weighted by Crippen LogP contribution is -2.85. The zero-order chi connectivity index (χ0) is 16.5. The number of Topliss-reactive ketones (excluding diaryl/α,β-unsaturated/α-hetero) is 1. The summed E-state index contributed by atoms with van der Waals surface area (Å²) in [5, 5.41) is 0. The third-order valence-corrected chi connectivity index (χ3v) is 6.77. The highest BCUT2D eigenvalue weighted by molar-refractivity contribution is 5.93. The second-order valence-corrected chi connectivity index (χ2v) is 8.59. The number of carbonyl (C=O) groups is 2. The van der Waals surface area contributed by atoms with E-state index in [0.29, 0.717) is 12.4 Å². The van der Waals surface area contributed by atoms with E-state index in [0.717, 1.165) is 51.9 Å². The van der Waals surface area contributed by atoms with Crippen molar-refractivity contribution in [1.29, 1.82) is 0 Å². The van der Waals surface area contributed by atoms with Gasteiger partial charge in [-0.25, -0.2) is 0 Å². The van der Waals surface area contributed by atoms with Gasteiger partial charge in [0.15, 0.2) is 0 Å². The molecular formula is C18H28N2O3. The molecule has 1 saturated carbocycles. The lowest BCUT2D eigenvalue weighted by molar-refractivity contribution is -0.254. The molecule has 4 bridgehead atoms. The molecule has 1 aliphatic carbocycles. The molecule has 0 radical (unpaired) electrons. The second kappa shape index (κ2) is 4.79. The Bertz CT molecular complexity index is 518. The molecule has 5 aliphatic rings. The second-order valence-electron chi connectivity index (χ2n) is 8.59. The number of hydrogen-bond donors (Lipinski definition) is 0. The van der Waals surface area contributed by atoms with Gasteiger partial charge in [0.2, 0.25) is 0 Å². The summed E-state index contributed by atoms with van der Waals surface area (Å²) in [6.45, 7) is 9.75. The van der Waals surface area contributed by atoms with Crippen molar-refractivity contribution in [1.82, 2.24) is 9.80 Å². The molecule has 5 fully saturated rings. The average molecular weight is 320 g/mol. The molecule has 128 valence electrons. The van der Waals surface area contributed by atoms with Gasteiger partial charge in [-0.15, -0.1) is 0 Å². The van der Waals surface area contributed by atoms with E-state index < -0.39 is 0 Å². The number of esters is 1. The fourth-order valence-corrected chi connectivity index (χ4v) is 6.11. The number of ether oxygens (including phenoxy) is 1. The van der Waals surface area contributed by atoms with Gasteiger partial charge in [-0.1, -0.05) is 26.7 Å². The minimum Gasteiger partial charge on any atom is -0.466 e. The summed E-state index contributed by atoms with van der Waals surface area (Å²) >= 11 is 0. The maximum atomic E-state index is 12.9. The number of carbonyl (C=O) groups excluding carboxylic acids is 2. The van der Waals surface area contributed by atoms with Gasteiger partial charge in [-0.2, -0.15) is 0 Å². The molecule has 0 aromatic rings. The first-order valence-electron chi connectivity index (χ1n) is 9.07. The quantitative estimate of drug-likeness (QED) is 0.724. The van der Waals surface area contributed by atoms with Crippen molar-refractivity contribution < 1.29 is 14.3 Å². The van der Waals surface area contributed by atoms with Crippen LogP contribution in [0, 0.1) is 16.7 Å². The largest absolute Gasteiger partial charge is 0.466 e. The molecule has 23 heavy (non-hydrogen) atoms. The Morgan fingerprint density at radius 2 is 1.70 bits per heavy atom. The lowest BCUT2D eigenvalue weighted by atomic mass is 9.58. The third kappa shape index (κ3) is 1.86. The molecule has 1 spiro atoms. The summed E-state index contributed by atoms with van der Waals surface area (Å²) in [5.74, 6) is 0.315. The molecule has 0 aromatic carbocycles. The Hall–Kier alpha value is -0.940. The molecule has 0 aromatic heterocycles. The van der Waals surface area contributed by atoms with Crippen molar-refractivity contribution in [3.63, 3.8) is 0 Å². The Labute approximate surface area is 138 Å². The van der Waals surface area contributed by atoms with E-state index in [9.17, 15) is 9.59 Å². The van der Waals surface area contributed by atoms with Crippen molar-refractivity contribution >= 4 is 11.8 Å². The van der Waals surface area contributed by atoms with E-state index >= 15 is 0 Å². The number of rotatable bonds is 2. The molecule has 4 saturated heterocycles. The van der Waals surface area contributed by atoms with Crippen molar-refractivity contribution in [2.24, 2.45) is 16.7 Å². The maximum absolute atomic E-state index is 12.9. The molecule has 1 atom stereocenters. The van der Waals surface area contributed by atoms with Crippen LogP contribution >= 0.6 is 0 Å². The monoisotopic (exact) mass is 320 g/mol. The summed E-state index contributed by atoms with van der Waals surface area (Å²) in [6, 6.07) is 0. The summed E-state index contributed by atoms with van der Waals surface area (Å²) in [4.78, 5) is 30.5. The van der Waals surface area contributed by atoms with E-state index in [1.54, 1.807) is 0 Å². The summed E-state index contributed by atoms with van der Waals surface area (Å²) in [6.07, 6.45) is 4.19. The van der Waals surface area contributed by atoms with Gasteiger partial charge in [0, 0.05) is 26.2 Å². The first kappa shape index (κ1) is 15.6. The van der Waals surface area contributed by atoms with E-state index in [-0.39, 0.29) is 28.4 Å². The smallest absolute Gasteiger partial charge is 0.312 e. The molecule has 0 N–H and O–H groups in total. The van der Waals surface area contributed by atoms with E-state index in [1.807, 2.05) is 6.92 Å². The molecule has 4 heterocycles. The zero-order valence-corrected chi connectivity index (χ0v) is 14.6. The predicted molar refractivity (Wildman–Crippen MR) is 85.7 cm³/mol. The van der Waals surface area contributed by atoms with Crippen LogP contribution in [0.1, 0.15) is 46.5 Å². The van der Waals surface area contributed by atoms with Crippen LogP contribution in [0.4, 0.5) is 0 Å². The highest BCUT2D eigenvalue weighted by atomic mass is 16.5. The van der Waals surface area contributed by atoms with Crippen LogP contribution in [0.15, 0.2) is 0 Å². The highest BCUT2D eigenvalue weighted by Gasteiger charge is 2.69. The summed E-state index contributed by atoms with van der Waals surface area (Å²) < 4.78 is 5.42. The molecule has 0 amide bonds. The zero-order valence-electron chi connectivity index (χ0n) is 14.6. The number of ketones is 1. The molecule has 5 rings (SSSR count). The topological polar surface area (TPSA) is 49.9 Å². The minimum absolute atomic E-state index is 0.0405. The number of piperidine rings is 2. The lowest BCUT2D eigenvalue weighted by Gasteiger charge is -2.71. The maximum Gasteiger partial charge on any atom is 0.312 e. The van der Waals surface area contributed by atoms with Crippen molar-refractivity contribution in [2.45, 2.75) is 52.1 Å². The first-order chi connectivity index (χ1) is 10.9. The fourth-order valence-electron chi connectivity index (χ4n) is 6.11. The number of nitrogens with zero attached hydrogens (tertiary/aromatic N) is 2. The average Bonchev–Trinajstić information content (AvgIpc) is 2.49. The van der Waals surface area contributed by atoms with Gasteiger partial charge in [0.1, 0.15) is 5.78 Å². The van der Waals surface area contributed by atoms with Crippen LogP contribution in [-0.4, -0.2) is 60.0 Å². The van der Waals surface area contributed by atoms with Gasteiger partial charge < -0.3 is 4.74 Å². The van der Waals surface area contributed by atoms with Crippen molar-refractivity contribution in [3.05, 3.63) is 0 Å². The molecule has 5 nitrogen and oxygen atoms in total. The number of hydrogen-bond acceptors (Lipinski definition) is 5.